The molecule has 0 spiro atoms. The van der Waals surface area contributed by atoms with Crippen LogP contribution in [0.5, 0.6) is 0 Å². The number of rotatable bonds is 7. The Morgan fingerprint density at radius 1 is 1.15 bits per heavy atom. The summed E-state index contributed by atoms with van der Waals surface area (Å²) >= 11 is 0. The molecule has 0 saturated heterocycles. The van der Waals surface area contributed by atoms with Gasteiger partial charge < -0.3 is 9.73 Å². The van der Waals surface area contributed by atoms with Crippen LogP contribution in [0.15, 0.2) is 51.8 Å². The van der Waals surface area contributed by atoms with Gasteiger partial charge in [-0.05, 0) is 42.5 Å². The lowest BCUT2D eigenvalue weighted by Gasteiger charge is -2.11. The van der Waals surface area contributed by atoms with E-state index in [1.807, 2.05) is 0 Å². The Morgan fingerprint density at radius 2 is 1.78 bits per heavy atom. The van der Waals surface area contributed by atoms with Gasteiger partial charge in [0.15, 0.2) is 0 Å². The highest BCUT2D eigenvalue weighted by atomic mass is 32.2. The number of hydrogen-bond acceptors (Lipinski definition) is 6. The number of nitrogens with zero attached hydrogens (tertiary/aromatic N) is 1. The fourth-order valence-corrected chi connectivity index (χ4v) is 2.85. The minimum absolute atomic E-state index is 0.0572. The zero-order chi connectivity index (χ0) is 20.2. The Morgan fingerprint density at radius 3 is 2.33 bits per heavy atom. The topological polar surface area (TPSA) is 140 Å². The summed E-state index contributed by atoms with van der Waals surface area (Å²) in [6, 6.07) is 8.62. The lowest BCUT2D eigenvalue weighted by atomic mass is 10.3. The van der Waals surface area contributed by atoms with Crippen molar-refractivity contribution in [3.63, 3.8) is 0 Å². The largest absolute Gasteiger partial charge is 0.460 e. The average Bonchev–Trinajstić information content (AvgIpc) is 2.99. The highest BCUT2D eigenvalue weighted by molar-refractivity contribution is 7.89. The van der Waals surface area contributed by atoms with Crippen molar-refractivity contribution < 1.29 is 26.0 Å². The lowest BCUT2D eigenvalue weighted by molar-refractivity contribution is -0.111. The van der Waals surface area contributed by atoms with Crippen molar-refractivity contribution >= 4 is 37.7 Å². The van der Waals surface area contributed by atoms with E-state index in [9.17, 15) is 21.6 Å². The van der Waals surface area contributed by atoms with Crippen LogP contribution in [0, 0.1) is 0 Å². The van der Waals surface area contributed by atoms with E-state index in [1.54, 1.807) is 12.1 Å². The van der Waals surface area contributed by atoms with Gasteiger partial charge in [0.25, 0.3) is 0 Å². The zero-order valence-electron chi connectivity index (χ0n) is 14.6. The van der Waals surface area contributed by atoms with E-state index in [0.717, 1.165) is 10.6 Å². The third kappa shape index (κ3) is 6.32. The molecule has 0 bridgehead atoms. The smallest absolute Gasteiger partial charge is 0.248 e. The van der Waals surface area contributed by atoms with Crippen molar-refractivity contribution in [1.82, 2.24) is 4.31 Å². The van der Waals surface area contributed by atoms with E-state index in [0.29, 0.717) is 17.2 Å². The maximum absolute atomic E-state index is 11.9. The van der Waals surface area contributed by atoms with Crippen LogP contribution >= 0.6 is 0 Å². The zero-order valence-corrected chi connectivity index (χ0v) is 16.2. The summed E-state index contributed by atoms with van der Waals surface area (Å²) in [7, 11) is -5.68. The number of carbonyl (C=O) groups excluding carboxylic acids is 1. The van der Waals surface area contributed by atoms with Crippen LogP contribution in [0.4, 0.5) is 5.69 Å². The summed E-state index contributed by atoms with van der Waals surface area (Å²) in [5.41, 5.74) is 0.395. The molecule has 0 aliphatic carbocycles. The molecule has 9 nitrogen and oxygen atoms in total. The Labute approximate surface area is 157 Å². The number of benzene rings is 1. The van der Waals surface area contributed by atoms with Crippen LogP contribution in [0.1, 0.15) is 11.5 Å². The molecule has 2 aromatic rings. The molecule has 2 rings (SSSR count). The van der Waals surface area contributed by atoms with Crippen molar-refractivity contribution in [2.75, 3.05) is 18.6 Å². The fourth-order valence-electron chi connectivity index (χ4n) is 1.98. The van der Waals surface area contributed by atoms with Crippen molar-refractivity contribution in [3.8, 4) is 0 Å². The third-order valence-electron chi connectivity index (χ3n) is 3.48. The molecule has 11 heteroatoms. The number of nitrogens with two attached hydrogens (primary N) is 1. The van der Waals surface area contributed by atoms with Crippen LogP contribution in [0.25, 0.3) is 6.08 Å². The van der Waals surface area contributed by atoms with Gasteiger partial charge in [0.1, 0.15) is 11.5 Å². The van der Waals surface area contributed by atoms with Gasteiger partial charge in [0.2, 0.25) is 26.0 Å². The first kappa shape index (κ1) is 20.8. The first-order valence-corrected chi connectivity index (χ1v) is 11.0. The van der Waals surface area contributed by atoms with Crippen molar-refractivity contribution in [1.29, 1.82) is 0 Å². The molecule has 146 valence electrons. The number of nitrogens with one attached hydrogen (secondary N) is 1. The van der Waals surface area contributed by atoms with E-state index in [4.69, 9.17) is 9.56 Å². The van der Waals surface area contributed by atoms with Crippen molar-refractivity contribution in [2.45, 2.75) is 11.4 Å². The molecular formula is C16H19N3O6S2. The molecule has 1 amide bonds. The molecular weight excluding hydrogens is 394 g/mol. The average molecular weight is 413 g/mol. The predicted molar refractivity (Wildman–Crippen MR) is 100 cm³/mol. The number of anilines is 1. The van der Waals surface area contributed by atoms with Crippen LogP contribution in [-0.2, 0) is 31.4 Å². The normalized spacial score (nSPS) is 12.6. The molecule has 0 aliphatic rings. The summed E-state index contributed by atoms with van der Waals surface area (Å²) in [6.45, 7) is 0.0786. The molecule has 0 atom stereocenters. The fraction of sp³-hybridized carbons (Fsp3) is 0.188. The van der Waals surface area contributed by atoms with Gasteiger partial charge in [0, 0.05) is 18.8 Å². The first-order chi connectivity index (χ1) is 12.4. The van der Waals surface area contributed by atoms with Crippen LogP contribution in [0.3, 0.4) is 0 Å². The minimum atomic E-state index is -3.79. The predicted octanol–water partition coefficient (Wildman–Crippen LogP) is 0.970. The summed E-state index contributed by atoms with van der Waals surface area (Å²) in [4.78, 5) is 11.9. The molecule has 0 aliphatic heterocycles. The second-order valence-corrected chi connectivity index (χ2v) is 9.37. The van der Waals surface area contributed by atoms with E-state index in [-0.39, 0.29) is 11.4 Å². The summed E-state index contributed by atoms with van der Waals surface area (Å²) in [5, 5.41) is 7.56. The number of hydrogen-bond donors (Lipinski definition) is 2. The molecule has 1 aromatic carbocycles. The van der Waals surface area contributed by atoms with Gasteiger partial charge in [-0.3, -0.25) is 4.79 Å². The maximum Gasteiger partial charge on any atom is 0.248 e. The summed E-state index contributed by atoms with van der Waals surface area (Å²) in [6.07, 6.45) is 3.76. The van der Waals surface area contributed by atoms with E-state index in [2.05, 4.69) is 5.32 Å². The minimum Gasteiger partial charge on any atom is -0.460 e. The first-order valence-electron chi connectivity index (χ1n) is 7.57. The number of primary sulfonamides is 1. The second-order valence-electron chi connectivity index (χ2n) is 5.72. The number of carbonyl (C=O) groups is 1. The highest BCUT2D eigenvalue weighted by Gasteiger charge is 2.13. The lowest BCUT2D eigenvalue weighted by Crippen LogP contribution is -2.24. The number of furan rings is 1. The van der Waals surface area contributed by atoms with Gasteiger partial charge in [-0.1, -0.05) is 0 Å². The van der Waals surface area contributed by atoms with E-state index < -0.39 is 26.0 Å². The molecule has 0 saturated carbocycles. The van der Waals surface area contributed by atoms with Crippen molar-refractivity contribution in [3.05, 3.63) is 54.0 Å². The summed E-state index contributed by atoms with van der Waals surface area (Å²) in [5.74, 6) is 0.359. The maximum atomic E-state index is 11.9. The molecule has 0 unspecified atom stereocenters. The van der Waals surface area contributed by atoms with Crippen LogP contribution in [0.2, 0.25) is 0 Å². The molecule has 3 N–H and O–H groups in total. The SMILES string of the molecule is CN(Cc1ccc(/C=C/C(=O)Nc2ccc(S(N)(=O)=O)cc2)o1)S(C)(=O)=O. The van der Waals surface area contributed by atoms with Gasteiger partial charge in [-0.2, -0.15) is 4.31 Å². The van der Waals surface area contributed by atoms with Gasteiger partial charge in [-0.15, -0.1) is 0 Å². The Kier molecular flexibility index (Phi) is 6.21. The Balaban J connectivity index is 1.97. The second kappa shape index (κ2) is 8.05. The Bertz CT molecular complexity index is 1050. The molecule has 27 heavy (non-hydrogen) atoms. The summed E-state index contributed by atoms with van der Waals surface area (Å²) < 4.78 is 51.7. The number of sulfonamides is 2. The molecule has 0 fully saturated rings. The van der Waals surface area contributed by atoms with Crippen molar-refractivity contribution in [2.24, 2.45) is 5.14 Å². The van der Waals surface area contributed by atoms with Crippen LogP contribution < -0.4 is 10.5 Å². The quantitative estimate of drug-likeness (QED) is 0.648. The van der Waals surface area contributed by atoms with E-state index in [1.165, 1.54) is 43.5 Å². The molecule has 1 aromatic heterocycles. The van der Waals surface area contributed by atoms with Gasteiger partial charge >= 0.3 is 0 Å². The van der Waals surface area contributed by atoms with Crippen LogP contribution in [-0.4, -0.2) is 40.4 Å². The number of amides is 1. The van der Waals surface area contributed by atoms with Gasteiger partial charge in [-0.25, -0.2) is 22.0 Å². The highest BCUT2D eigenvalue weighted by Crippen LogP contribution is 2.14. The standard InChI is InChI=1S/C16H19N3O6S2/c1-19(26(2,21)22)11-14-6-5-13(25-14)7-10-16(20)18-12-3-8-15(9-4-12)27(17,23)24/h3-10H,11H2,1-2H3,(H,18,20)(H2,17,23,24)/b10-7+. The Hall–Kier alpha value is -2.47. The van der Waals surface area contributed by atoms with Gasteiger partial charge in [0.05, 0.1) is 17.7 Å². The van der Waals surface area contributed by atoms with E-state index >= 15 is 0 Å². The molecule has 1 heterocycles. The monoisotopic (exact) mass is 413 g/mol. The molecule has 0 radical (unpaired) electrons. The third-order valence-corrected chi connectivity index (χ3v) is 5.67.